The number of fused-ring (bicyclic) bond motifs is 1. The minimum absolute atomic E-state index is 0.0966. The number of benzene rings is 1. The number of phenols is 1. The van der Waals surface area contributed by atoms with E-state index < -0.39 is 5.97 Å². The summed E-state index contributed by atoms with van der Waals surface area (Å²) in [4.78, 5) is 32.6. The third-order valence-electron chi connectivity index (χ3n) is 4.22. The Balaban J connectivity index is 2.01. The molecule has 0 aliphatic rings. The van der Waals surface area contributed by atoms with Crippen molar-refractivity contribution in [3.8, 4) is 17.2 Å². The van der Waals surface area contributed by atoms with Crippen LogP contribution in [0.4, 0.5) is 0 Å². The van der Waals surface area contributed by atoms with Crippen molar-refractivity contribution < 1.29 is 24.1 Å². The second-order valence-corrected chi connectivity index (χ2v) is 7.01. The van der Waals surface area contributed by atoms with Crippen LogP contribution in [0.25, 0.3) is 22.4 Å². The molecule has 0 amide bonds. The van der Waals surface area contributed by atoms with Gasteiger partial charge in [0.1, 0.15) is 15.5 Å². The predicted molar refractivity (Wildman–Crippen MR) is 111 cm³/mol. The standard InChI is InChI=1S/C20H20N2O6S/c1-5-28-20(25)17-10(2)15-18(24)21-14(22-19(15)29-17)7-6-11-8-12(26-3)16(23)13(9-11)27-4/h6-9,23H,5H2,1-4H3,(H,21,22,24)/b7-6-. The number of carbonyl (C=O) groups excluding carboxylic acids is 1. The van der Waals surface area contributed by atoms with Gasteiger partial charge in [-0.1, -0.05) is 6.08 Å². The highest BCUT2D eigenvalue weighted by atomic mass is 32.1. The number of methoxy groups -OCH3 is 2. The molecule has 0 aliphatic carbocycles. The molecule has 152 valence electrons. The van der Waals surface area contributed by atoms with Crippen LogP contribution < -0.4 is 15.0 Å². The maximum atomic E-state index is 12.5. The van der Waals surface area contributed by atoms with Gasteiger partial charge in [-0.05, 0) is 43.2 Å². The second-order valence-electron chi connectivity index (χ2n) is 6.02. The maximum Gasteiger partial charge on any atom is 0.348 e. The summed E-state index contributed by atoms with van der Waals surface area (Å²) in [6.07, 6.45) is 3.31. The van der Waals surface area contributed by atoms with Crippen molar-refractivity contribution in [2.24, 2.45) is 0 Å². The van der Waals surface area contributed by atoms with Crippen LogP contribution in [-0.4, -0.2) is 41.9 Å². The third kappa shape index (κ3) is 3.95. The lowest BCUT2D eigenvalue weighted by molar-refractivity contribution is 0.0531. The van der Waals surface area contributed by atoms with Gasteiger partial charge >= 0.3 is 5.97 Å². The zero-order valence-electron chi connectivity index (χ0n) is 16.4. The molecule has 8 nitrogen and oxygen atoms in total. The van der Waals surface area contributed by atoms with Gasteiger partial charge in [-0.2, -0.15) is 0 Å². The number of aromatic amines is 1. The van der Waals surface area contributed by atoms with Crippen LogP contribution >= 0.6 is 11.3 Å². The first kappa shape index (κ1) is 20.4. The van der Waals surface area contributed by atoms with Crippen molar-refractivity contribution in [3.05, 3.63) is 44.3 Å². The number of aryl methyl sites for hydroxylation is 1. The number of thiophene rings is 1. The number of aromatic hydroxyl groups is 1. The molecule has 0 fully saturated rings. The number of hydrogen-bond acceptors (Lipinski definition) is 8. The molecule has 0 unspecified atom stereocenters. The van der Waals surface area contributed by atoms with Crippen LogP contribution in [-0.2, 0) is 4.74 Å². The van der Waals surface area contributed by atoms with Gasteiger partial charge in [0.05, 0.1) is 26.2 Å². The van der Waals surface area contributed by atoms with Crippen molar-refractivity contribution in [2.45, 2.75) is 13.8 Å². The summed E-state index contributed by atoms with van der Waals surface area (Å²) >= 11 is 1.12. The van der Waals surface area contributed by atoms with E-state index in [4.69, 9.17) is 14.2 Å². The fourth-order valence-corrected chi connectivity index (χ4v) is 3.90. The molecule has 2 heterocycles. The number of phenolic OH excluding ortho intramolecular Hbond substituents is 1. The van der Waals surface area contributed by atoms with Gasteiger partial charge in [0.25, 0.3) is 5.56 Å². The van der Waals surface area contributed by atoms with Crippen molar-refractivity contribution in [1.29, 1.82) is 0 Å². The Morgan fingerprint density at radius 1 is 1.24 bits per heavy atom. The normalized spacial score (nSPS) is 11.2. The van der Waals surface area contributed by atoms with Gasteiger partial charge in [0, 0.05) is 0 Å². The van der Waals surface area contributed by atoms with Gasteiger partial charge in [0.2, 0.25) is 5.75 Å². The number of hydrogen-bond donors (Lipinski definition) is 2. The van der Waals surface area contributed by atoms with Crippen molar-refractivity contribution in [3.63, 3.8) is 0 Å². The molecule has 0 saturated carbocycles. The second kappa shape index (κ2) is 8.36. The van der Waals surface area contributed by atoms with Gasteiger partial charge in [-0.15, -0.1) is 11.3 Å². The van der Waals surface area contributed by atoms with Crippen LogP contribution in [0.5, 0.6) is 17.2 Å². The molecule has 0 radical (unpaired) electrons. The van der Waals surface area contributed by atoms with E-state index in [-0.39, 0.29) is 29.4 Å². The number of rotatable bonds is 6. The van der Waals surface area contributed by atoms with Gasteiger partial charge in [-0.3, -0.25) is 4.79 Å². The quantitative estimate of drug-likeness (QED) is 0.593. The number of nitrogens with zero attached hydrogens (tertiary/aromatic N) is 1. The smallest absolute Gasteiger partial charge is 0.348 e. The van der Waals surface area contributed by atoms with E-state index in [1.54, 1.807) is 38.1 Å². The van der Waals surface area contributed by atoms with E-state index in [2.05, 4.69) is 9.97 Å². The topological polar surface area (TPSA) is 111 Å². The monoisotopic (exact) mass is 416 g/mol. The van der Waals surface area contributed by atoms with Crippen molar-refractivity contribution in [2.75, 3.05) is 20.8 Å². The number of aromatic nitrogens is 2. The summed E-state index contributed by atoms with van der Waals surface area (Å²) in [6, 6.07) is 3.25. The zero-order chi connectivity index (χ0) is 21.1. The first-order valence-electron chi connectivity index (χ1n) is 8.73. The Hall–Kier alpha value is -3.33. The van der Waals surface area contributed by atoms with Crippen LogP contribution in [0.2, 0.25) is 0 Å². The van der Waals surface area contributed by atoms with Gasteiger partial charge in [-0.25, -0.2) is 9.78 Å². The lowest BCUT2D eigenvalue weighted by atomic mass is 10.1. The predicted octanol–water partition coefficient (Wildman–Crippen LogP) is 3.36. The van der Waals surface area contributed by atoms with Gasteiger partial charge in [0.15, 0.2) is 11.5 Å². The fraction of sp³-hybridized carbons (Fsp3) is 0.250. The molecular formula is C20H20N2O6S. The Morgan fingerprint density at radius 2 is 1.90 bits per heavy atom. The van der Waals surface area contributed by atoms with E-state index in [0.29, 0.717) is 32.0 Å². The summed E-state index contributed by atoms with van der Waals surface area (Å²) in [5.74, 6) is 0.279. The third-order valence-corrected chi connectivity index (χ3v) is 5.38. The SMILES string of the molecule is CCOC(=O)c1sc2nc(/C=C\c3cc(OC)c(O)c(OC)c3)[nH]c(=O)c2c1C. The highest BCUT2D eigenvalue weighted by Gasteiger charge is 2.19. The lowest BCUT2D eigenvalue weighted by Gasteiger charge is -2.09. The molecular weight excluding hydrogens is 396 g/mol. The van der Waals surface area contributed by atoms with Crippen LogP contribution in [0.3, 0.4) is 0 Å². The number of H-pyrrole nitrogens is 1. The summed E-state index contributed by atoms with van der Waals surface area (Å²) in [5, 5.41) is 10.4. The summed E-state index contributed by atoms with van der Waals surface area (Å²) < 4.78 is 15.3. The van der Waals surface area contributed by atoms with Gasteiger partial charge < -0.3 is 24.3 Å². The highest BCUT2D eigenvalue weighted by molar-refractivity contribution is 7.20. The van der Waals surface area contributed by atoms with E-state index in [9.17, 15) is 14.7 Å². The molecule has 3 aromatic rings. The van der Waals surface area contributed by atoms with Crippen LogP contribution in [0.15, 0.2) is 16.9 Å². The number of carbonyl (C=O) groups is 1. The minimum atomic E-state index is -0.465. The van der Waals surface area contributed by atoms with Crippen molar-refractivity contribution in [1.82, 2.24) is 9.97 Å². The number of esters is 1. The first-order chi connectivity index (χ1) is 13.9. The molecule has 1 aromatic carbocycles. The molecule has 9 heteroatoms. The summed E-state index contributed by atoms with van der Waals surface area (Å²) in [5.41, 5.74) is 0.898. The Bertz CT molecular complexity index is 1140. The first-order valence-corrected chi connectivity index (χ1v) is 9.54. The van der Waals surface area contributed by atoms with Crippen LogP contribution in [0, 0.1) is 6.92 Å². The molecule has 0 spiro atoms. The lowest BCUT2D eigenvalue weighted by Crippen LogP contribution is -2.10. The summed E-state index contributed by atoms with van der Waals surface area (Å²) in [7, 11) is 2.88. The molecule has 2 N–H and O–H groups in total. The van der Waals surface area contributed by atoms with E-state index >= 15 is 0 Å². The van der Waals surface area contributed by atoms with Crippen LogP contribution in [0.1, 0.15) is 33.5 Å². The molecule has 0 aliphatic heterocycles. The summed E-state index contributed by atoms with van der Waals surface area (Å²) in [6.45, 7) is 3.68. The van der Waals surface area contributed by atoms with E-state index in [1.807, 2.05) is 0 Å². The molecule has 0 atom stereocenters. The number of nitrogens with one attached hydrogen (secondary N) is 1. The number of ether oxygens (including phenoxy) is 3. The molecule has 0 saturated heterocycles. The maximum absolute atomic E-state index is 12.5. The van der Waals surface area contributed by atoms with Crippen molar-refractivity contribution >= 4 is 39.7 Å². The van der Waals surface area contributed by atoms with E-state index in [0.717, 1.165) is 11.3 Å². The largest absolute Gasteiger partial charge is 0.502 e. The zero-order valence-corrected chi connectivity index (χ0v) is 17.2. The minimum Gasteiger partial charge on any atom is -0.502 e. The average molecular weight is 416 g/mol. The average Bonchev–Trinajstić information content (AvgIpc) is 3.04. The Labute approximate surface area is 170 Å². The molecule has 0 bridgehead atoms. The molecule has 2 aromatic heterocycles. The fourth-order valence-electron chi connectivity index (χ4n) is 2.82. The molecule has 3 rings (SSSR count). The Kier molecular flexibility index (Phi) is 5.88. The molecule has 29 heavy (non-hydrogen) atoms. The highest BCUT2D eigenvalue weighted by Crippen LogP contribution is 2.37. The Morgan fingerprint density at radius 3 is 2.48 bits per heavy atom. The van der Waals surface area contributed by atoms with E-state index in [1.165, 1.54) is 14.2 Å².